The Labute approximate surface area is 59.3 Å². The second kappa shape index (κ2) is 8.68. The lowest BCUT2D eigenvalue weighted by Crippen LogP contribution is -1.68. The Balaban J connectivity index is 0. The van der Waals surface area contributed by atoms with Gasteiger partial charge in [-0.3, -0.25) is 0 Å². The van der Waals surface area contributed by atoms with Gasteiger partial charge in [-0.2, -0.15) is 13.2 Å². The standard InChI is InChI=1S/C2ClF3.C2H4F2/c3-1(4)2(5)6;3-1-2-4/h;1-2H2. The molecule has 0 aromatic heterocycles. The zero-order chi connectivity index (χ0) is 8.57. The van der Waals surface area contributed by atoms with Crippen LogP contribution in [0.5, 0.6) is 0 Å². The third-order valence-electron chi connectivity index (χ3n) is 0.214. The molecule has 0 amide bonds. The number of rotatable bonds is 1. The summed E-state index contributed by atoms with van der Waals surface area (Å²) in [5.41, 5.74) is 0. The summed E-state index contributed by atoms with van der Waals surface area (Å²) in [7, 11) is 0. The summed E-state index contributed by atoms with van der Waals surface area (Å²) in [4.78, 5) is 0. The van der Waals surface area contributed by atoms with Crippen molar-refractivity contribution in [3.8, 4) is 0 Å². The molecule has 0 aromatic rings. The second-order valence-electron chi connectivity index (χ2n) is 0.899. The van der Waals surface area contributed by atoms with Gasteiger partial charge in [-0.15, -0.1) is 0 Å². The summed E-state index contributed by atoms with van der Waals surface area (Å²) < 4.78 is 52.5. The molecule has 0 spiro atoms. The van der Waals surface area contributed by atoms with Crippen LogP contribution in [0.3, 0.4) is 0 Å². The smallest absolute Gasteiger partial charge is 0.248 e. The predicted octanol–water partition coefficient (Wildman–Crippen LogP) is 3.19. The Hall–Kier alpha value is -0.320. The Bertz CT molecular complexity index is 81.8. The average molecular weight is 183 g/mol. The molecular formula is C4H4ClF5. The SMILES string of the molecule is FC(F)=C(F)Cl.FCCF. The van der Waals surface area contributed by atoms with E-state index in [4.69, 9.17) is 0 Å². The van der Waals surface area contributed by atoms with E-state index in [0.29, 0.717) is 0 Å². The van der Waals surface area contributed by atoms with Crippen LogP contribution in [0.1, 0.15) is 0 Å². The maximum atomic E-state index is 10.7. The molecule has 10 heavy (non-hydrogen) atoms. The van der Waals surface area contributed by atoms with E-state index in [1.54, 1.807) is 0 Å². The molecule has 0 saturated heterocycles. The van der Waals surface area contributed by atoms with Crippen molar-refractivity contribution < 1.29 is 22.0 Å². The Morgan fingerprint density at radius 3 is 1.20 bits per heavy atom. The van der Waals surface area contributed by atoms with Gasteiger partial charge in [-0.1, -0.05) is 0 Å². The molecule has 0 rings (SSSR count). The highest BCUT2D eigenvalue weighted by molar-refractivity contribution is 6.28. The fraction of sp³-hybridized carbons (Fsp3) is 0.500. The normalized spacial score (nSPS) is 7.80. The summed E-state index contributed by atoms with van der Waals surface area (Å²) in [6.07, 6.45) is -2.48. The molecule has 0 fully saturated rings. The van der Waals surface area contributed by atoms with Gasteiger partial charge < -0.3 is 0 Å². The maximum absolute atomic E-state index is 10.7. The molecule has 0 bridgehead atoms. The number of hydrogen-bond acceptors (Lipinski definition) is 0. The van der Waals surface area contributed by atoms with Gasteiger partial charge in [0.2, 0.25) is 0 Å². The van der Waals surface area contributed by atoms with Crippen molar-refractivity contribution >= 4 is 11.6 Å². The van der Waals surface area contributed by atoms with Crippen LogP contribution in [0.2, 0.25) is 0 Å². The molecule has 0 aromatic carbocycles. The van der Waals surface area contributed by atoms with Crippen molar-refractivity contribution in [1.82, 2.24) is 0 Å². The molecule has 62 valence electrons. The highest BCUT2D eigenvalue weighted by atomic mass is 35.5. The van der Waals surface area contributed by atoms with Gasteiger partial charge in [0.05, 0.1) is 0 Å². The highest BCUT2D eigenvalue weighted by Crippen LogP contribution is 2.11. The largest absolute Gasteiger partial charge is 0.317 e. The van der Waals surface area contributed by atoms with Gasteiger partial charge in [0.25, 0.3) is 5.29 Å². The zero-order valence-corrected chi connectivity index (χ0v) is 5.44. The van der Waals surface area contributed by atoms with Crippen LogP contribution >= 0.6 is 11.6 Å². The first-order valence-electron chi connectivity index (χ1n) is 2.04. The maximum Gasteiger partial charge on any atom is 0.317 e. The van der Waals surface area contributed by atoms with E-state index in [1.165, 1.54) is 0 Å². The van der Waals surface area contributed by atoms with Crippen molar-refractivity contribution in [3.63, 3.8) is 0 Å². The van der Waals surface area contributed by atoms with Crippen LogP contribution in [0.25, 0.3) is 0 Å². The summed E-state index contributed by atoms with van der Waals surface area (Å²) >= 11 is 4.08. The lowest BCUT2D eigenvalue weighted by atomic mass is 10.9. The molecule has 0 unspecified atom stereocenters. The van der Waals surface area contributed by atoms with Crippen LogP contribution in [0.4, 0.5) is 22.0 Å². The minimum Gasteiger partial charge on any atom is -0.248 e. The fourth-order valence-electron chi connectivity index (χ4n) is 0. The molecule has 0 heterocycles. The lowest BCUT2D eigenvalue weighted by molar-refractivity contribution is 0.380. The number of hydrogen-bond donors (Lipinski definition) is 0. The van der Waals surface area contributed by atoms with E-state index in [0.717, 1.165) is 0 Å². The van der Waals surface area contributed by atoms with Crippen molar-refractivity contribution in [3.05, 3.63) is 11.4 Å². The topological polar surface area (TPSA) is 0 Å². The summed E-state index contributed by atoms with van der Waals surface area (Å²) in [6.45, 7) is -1.69. The van der Waals surface area contributed by atoms with E-state index < -0.39 is 24.7 Å². The van der Waals surface area contributed by atoms with Gasteiger partial charge in [-0.25, -0.2) is 8.78 Å². The van der Waals surface area contributed by atoms with Crippen molar-refractivity contribution in [2.24, 2.45) is 0 Å². The minimum atomic E-state index is -2.48. The molecule has 0 aliphatic rings. The van der Waals surface area contributed by atoms with Crippen LogP contribution in [0.15, 0.2) is 11.4 Å². The van der Waals surface area contributed by atoms with Gasteiger partial charge >= 0.3 is 6.08 Å². The average Bonchev–Trinajstić information content (AvgIpc) is 1.89. The first-order chi connectivity index (χ1) is 4.56. The van der Waals surface area contributed by atoms with E-state index in [9.17, 15) is 22.0 Å². The van der Waals surface area contributed by atoms with Gasteiger partial charge in [0.15, 0.2) is 0 Å². The molecule has 0 N–H and O–H groups in total. The van der Waals surface area contributed by atoms with Crippen LogP contribution in [-0.4, -0.2) is 13.3 Å². The fourth-order valence-corrected chi connectivity index (χ4v) is 0. The first kappa shape index (κ1) is 12.4. The molecule has 0 atom stereocenters. The third kappa shape index (κ3) is 15.6. The van der Waals surface area contributed by atoms with Crippen molar-refractivity contribution in [2.45, 2.75) is 0 Å². The molecule has 0 nitrogen and oxygen atoms in total. The summed E-state index contributed by atoms with van der Waals surface area (Å²) in [6, 6.07) is 0. The summed E-state index contributed by atoms with van der Waals surface area (Å²) in [5.74, 6) is 0. The molecule has 6 heteroatoms. The van der Waals surface area contributed by atoms with E-state index in [2.05, 4.69) is 11.6 Å². The van der Waals surface area contributed by atoms with Crippen molar-refractivity contribution in [1.29, 1.82) is 0 Å². The Kier molecular flexibility index (Phi) is 10.7. The van der Waals surface area contributed by atoms with Gasteiger partial charge in [-0.05, 0) is 11.6 Å². The Morgan fingerprint density at radius 1 is 1.00 bits per heavy atom. The molecule has 0 aliphatic heterocycles. The monoisotopic (exact) mass is 182 g/mol. The molecular weight excluding hydrogens is 178 g/mol. The quantitative estimate of drug-likeness (QED) is 0.547. The minimum absolute atomic E-state index is 0.847. The molecule has 0 radical (unpaired) electrons. The first-order valence-corrected chi connectivity index (χ1v) is 2.42. The van der Waals surface area contributed by atoms with E-state index in [1.807, 2.05) is 0 Å². The lowest BCUT2D eigenvalue weighted by Gasteiger charge is -1.70. The second-order valence-corrected chi connectivity index (χ2v) is 1.23. The molecule has 0 saturated carbocycles. The van der Waals surface area contributed by atoms with Gasteiger partial charge in [0.1, 0.15) is 13.3 Å². The van der Waals surface area contributed by atoms with Crippen molar-refractivity contribution in [2.75, 3.05) is 13.3 Å². The predicted molar refractivity (Wildman–Crippen MR) is 28.2 cm³/mol. The highest BCUT2D eigenvalue weighted by Gasteiger charge is 1.95. The Morgan fingerprint density at radius 2 is 1.20 bits per heavy atom. The zero-order valence-electron chi connectivity index (χ0n) is 4.68. The van der Waals surface area contributed by atoms with Gasteiger partial charge in [0, 0.05) is 0 Å². The number of halogens is 6. The van der Waals surface area contributed by atoms with Crippen LogP contribution in [-0.2, 0) is 0 Å². The van der Waals surface area contributed by atoms with Crippen LogP contribution < -0.4 is 0 Å². The number of alkyl halides is 2. The summed E-state index contributed by atoms with van der Waals surface area (Å²) in [5, 5.41) is -1.94. The molecule has 0 aliphatic carbocycles. The van der Waals surface area contributed by atoms with E-state index >= 15 is 0 Å². The van der Waals surface area contributed by atoms with Crippen LogP contribution in [0, 0.1) is 0 Å². The van der Waals surface area contributed by atoms with E-state index in [-0.39, 0.29) is 0 Å². The third-order valence-corrected chi connectivity index (χ3v) is 0.357.